The Morgan fingerprint density at radius 2 is 1.67 bits per heavy atom. The smallest absolute Gasteiger partial charge is 0.223 e. The molecule has 0 atom stereocenters. The van der Waals surface area contributed by atoms with Gasteiger partial charge < -0.3 is 10.3 Å². The third kappa shape index (κ3) is 3.55. The fourth-order valence-electron chi connectivity index (χ4n) is 3.46. The molecule has 136 valence electrons. The van der Waals surface area contributed by atoms with Crippen molar-refractivity contribution in [1.82, 2.24) is 14.5 Å². The van der Waals surface area contributed by atoms with E-state index in [-0.39, 0.29) is 0 Å². The molecular weight excluding hydrogens is 352 g/mol. The Balaban J connectivity index is 1.76. The molecule has 4 rings (SSSR count). The first-order valence-electron chi connectivity index (χ1n) is 8.93. The van der Waals surface area contributed by atoms with Crippen molar-refractivity contribution in [2.75, 3.05) is 5.73 Å². The molecule has 2 aromatic carbocycles. The highest BCUT2D eigenvalue weighted by Crippen LogP contribution is 2.36. The van der Waals surface area contributed by atoms with Crippen molar-refractivity contribution in [3.63, 3.8) is 0 Å². The molecule has 0 radical (unpaired) electrons. The van der Waals surface area contributed by atoms with Crippen LogP contribution in [-0.2, 0) is 6.54 Å². The highest BCUT2D eigenvalue weighted by molar-refractivity contribution is 7.99. The standard InChI is InChI=1S/C22H22N4S/c1-14-11-15(2)19(16(3)12-14)27-21-18-9-10-26(20(18)24-22(23)25-21)13-17-7-5-4-6-8-17/h4-12H,13H2,1-3H3,(H2,23,24,25). The van der Waals surface area contributed by atoms with Crippen LogP contribution >= 0.6 is 11.8 Å². The van der Waals surface area contributed by atoms with Gasteiger partial charge in [0, 0.05) is 17.6 Å². The minimum atomic E-state index is 0.306. The van der Waals surface area contributed by atoms with Crippen LogP contribution in [0, 0.1) is 20.8 Å². The molecule has 0 amide bonds. The molecule has 4 aromatic rings. The van der Waals surface area contributed by atoms with Crippen LogP contribution < -0.4 is 5.73 Å². The minimum Gasteiger partial charge on any atom is -0.368 e. The van der Waals surface area contributed by atoms with Gasteiger partial charge in [0.05, 0.1) is 5.39 Å². The first-order valence-corrected chi connectivity index (χ1v) is 9.75. The molecule has 0 bridgehead atoms. The normalized spacial score (nSPS) is 11.2. The summed E-state index contributed by atoms with van der Waals surface area (Å²) in [7, 11) is 0. The molecule has 0 aliphatic carbocycles. The Bertz CT molecular complexity index is 1090. The highest BCUT2D eigenvalue weighted by Gasteiger charge is 2.14. The fraction of sp³-hybridized carbons (Fsp3) is 0.182. The number of anilines is 1. The van der Waals surface area contributed by atoms with Gasteiger partial charge in [-0.05, 0) is 43.5 Å². The van der Waals surface area contributed by atoms with Crippen molar-refractivity contribution in [1.29, 1.82) is 0 Å². The quantitative estimate of drug-likeness (QED) is 0.503. The second-order valence-corrected chi connectivity index (χ2v) is 7.88. The van der Waals surface area contributed by atoms with E-state index < -0.39 is 0 Å². The largest absolute Gasteiger partial charge is 0.368 e. The second-order valence-electron chi connectivity index (χ2n) is 6.88. The summed E-state index contributed by atoms with van der Waals surface area (Å²) in [5.41, 5.74) is 11.9. The van der Waals surface area contributed by atoms with Crippen molar-refractivity contribution in [2.24, 2.45) is 0 Å². The molecule has 0 fully saturated rings. The number of benzene rings is 2. The summed E-state index contributed by atoms with van der Waals surface area (Å²) in [5.74, 6) is 0.306. The second kappa shape index (κ2) is 7.08. The summed E-state index contributed by atoms with van der Waals surface area (Å²) in [4.78, 5) is 10.3. The lowest BCUT2D eigenvalue weighted by molar-refractivity contribution is 0.823. The van der Waals surface area contributed by atoms with Crippen molar-refractivity contribution >= 4 is 28.7 Å². The first kappa shape index (κ1) is 17.6. The number of fused-ring (bicyclic) bond motifs is 1. The molecule has 2 heterocycles. The maximum Gasteiger partial charge on any atom is 0.223 e. The zero-order chi connectivity index (χ0) is 19.0. The molecule has 4 nitrogen and oxygen atoms in total. The summed E-state index contributed by atoms with van der Waals surface area (Å²) in [6.07, 6.45) is 2.06. The van der Waals surface area contributed by atoms with Crippen LogP contribution in [0.5, 0.6) is 0 Å². The van der Waals surface area contributed by atoms with Crippen LogP contribution in [0.3, 0.4) is 0 Å². The third-order valence-electron chi connectivity index (χ3n) is 4.60. The van der Waals surface area contributed by atoms with Gasteiger partial charge in [0.15, 0.2) is 0 Å². The fourth-order valence-corrected chi connectivity index (χ4v) is 4.51. The van der Waals surface area contributed by atoms with E-state index in [0.29, 0.717) is 5.95 Å². The van der Waals surface area contributed by atoms with E-state index in [1.54, 1.807) is 11.8 Å². The van der Waals surface area contributed by atoms with Crippen LogP contribution in [0.1, 0.15) is 22.3 Å². The van der Waals surface area contributed by atoms with E-state index in [4.69, 9.17) is 5.73 Å². The van der Waals surface area contributed by atoms with Gasteiger partial charge in [0.25, 0.3) is 0 Å². The Hall–Kier alpha value is -2.79. The van der Waals surface area contributed by atoms with E-state index in [9.17, 15) is 0 Å². The predicted molar refractivity (Wildman–Crippen MR) is 112 cm³/mol. The predicted octanol–water partition coefficient (Wildman–Crippen LogP) is 5.14. The third-order valence-corrected chi connectivity index (χ3v) is 5.95. The van der Waals surface area contributed by atoms with Crippen molar-refractivity contribution in [2.45, 2.75) is 37.2 Å². The first-order chi connectivity index (χ1) is 13.0. The number of nitrogens with two attached hydrogens (primary N) is 1. The zero-order valence-corrected chi connectivity index (χ0v) is 16.5. The van der Waals surface area contributed by atoms with Crippen molar-refractivity contribution in [3.05, 3.63) is 77.0 Å². The minimum absolute atomic E-state index is 0.306. The number of aryl methyl sites for hydroxylation is 3. The SMILES string of the molecule is Cc1cc(C)c(Sc2nc(N)nc3c2ccn3Cc2ccccc2)c(C)c1. The van der Waals surface area contributed by atoms with Gasteiger partial charge in [-0.3, -0.25) is 0 Å². The van der Waals surface area contributed by atoms with Gasteiger partial charge in [-0.2, -0.15) is 4.98 Å². The van der Waals surface area contributed by atoms with Gasteiger partial charge in [-0.15, -0.1) is 0 Å². The topological polar surface area (TPSA) is 56.7 Å². The molecule has 0 spiro atoms. The van der Waals surface area contributed by atoms with E-state index in [2.05, 4.69) is 84.0 Å². The molecule has 2 N–H and O–H groups in total. The lowest BCUT2D eigenvalue weighted by Crippen LogP contribution is -2.03. The Labute approximate surface area is 163 Å². The van der Waals surface area contributed by atoms with Crippen LogP contribution in [0.4, 0.5) is 5.95 Å². The highest BCUT2D eigenvalue weighted by atomic mass is 32.2. The number of nitrogens with zero attached hydrogens (tertiary/aromatic N) is 3. The molecule has 5 heteroatoms. The van der Waals surface area contributed by atoms with Gasteiger partial charge in [0.1, 0.15) is 10.7 Å². The monoisotopic (exact) mass is 374 g/mol. The average molecular weight is 375 g/mol. The summed E-state index contributed by atoms with van der Waals surface area (Å²) < 4.78 is 2.13. The van der Waals surface area contributed by atoms with Gasteiger partial charge in [0.2, 0.25) is 5.95 Å². The number of hydrogen-bond acceptors (Lipinski definition) is 4. The zero-order valence-electron chi connectivity index (χ0n) is 15.7. The maximum absolute atomic E-state index is 6.05. The molecule has 0 aliphatic rings. The summed E-state index contributed by atoms with van der Waals surface area (Å²) in [6, 6.07) is 16.9. The molecule has 2 aromatic heterocycles. The lowest BCUT2D eigenvalue weighted by Gasteiger charge is -2.12. The average Bonchev–Trinajstić information content (AvgIpc) is 3.01. The van der Waals surface area contributed by atoms with Crippen molar-refractivity contribution < 1.29 is 0 Å². The number of rotatable bonds is 4. The molecule has 0 saturated carbocycles. The Morgan fingerprint density at radius 1 is 0.963 bits per heavy atom. The van der Waals surface area contributed by atoms with E-state index in [1.807, 2.05) is 6.07 Å². The van der Waals surface area contributed by atoms with Crippen molar-refractivity contribution in [3.8, 4) is 0 Å². The summed E-state index contributed by atoms with van der Waals surface area (Å²) in [6.45, 7) is 7.17. The van der Waals surface area contributed by atoms with Gasteiger partial charge in [-0.1, -0.05) is 59.8 Å². The van der Waals surface area contributed by atoms with Crippen LogP contribution in [0.15, 0.2) is 64.6 Å². The Kier molecular flexibility index (Phi) is 4.62. The number of hydrogen-bond donors (Lipinski definition) is 1. The Morgan fingerprint density at radius 3 is 2.37 bits per heavy atom. The summed E-state index contributed by atoms with van der Waals surface area (Å²) in [5, 5.41) is 1.93. The number of nitrogen functional groups attached to an aromatic ring is 1. The van der Waals surface area contributed by atoms with Crippen LogP contribution in [-0.4, -0.2) is 14.5 Å². The molecular formula is C22H22N4S. The van der Waals surface area contributed by atoms with E-state index in [0.717, 1.165) is 22.6 Å². The van der Waals surface area contributed by atoms with E-state index in [1.165, 1.54) is 27.1 Å². The van der Waals surface area contributed by atoms with Crippen LogP contribution in [0.25, 0.3) is 11.0 Å². The van der Waals surface area contributed by atoms with Gasteiger partial charge in [-0.25, -0.2) is 4.98 Å². The summed E-state index contributed by atoms with van der Waals surface area (Å²) >= 11 is 1.67. The van der Waals surface area contributed by atoms with Crippen LogP contribution in [0.2, 0.25) is 0 Å². The molecule has 0 aliphatic heterocycles. The molecule has 27 heavy (non-hydrogen) atoms. The lowest BCUT2D eigenvalue weighted by atomic mass is 10.1. The number of aromatic nitrogens is 3. The molecule has 0 unspecified atom stereocenters. The molecule has 0 saturated heterocycles. The maximum atomic E-state index is 6.05. The van der Waals surface area contributed by atoms with Gasteiger partial charge >= 0.3 is 0 Å². The van der Waals surface area contributed by atoms with E-state index >= 15 is 0 Å².